The number of hydrogen-bond donors (Lipinski definition) is 0. The van der Waals surface area contributed by atoms with Crippen molar-refractivity contribution in [1.82, 2.24) is 0 Å². The van der Waals surface area contributed by atoms with Crippen molar-refractivity contribution in [2.75, 3.05) is 0 Å². The van der Waals surface area contributed by atoms with Crippen molar-refractivity contribution in [1.29, 1.82) is 0 Å². The fourth-order valence-corrected chi connectivity index (χ4v) is 12.0. The van der Waals surface area contributed by atoms with E-state index in [2.05, 4.69) is 287 Å². The minimum atomic E-state index is -1.83. The maximum absolute atomic E-state index is 7.52. The predicted octanol–water partition coefficient (Wildman–Crippen LogP) is 19.9. The van der Waals surface area contributed by atoms with E-state index in [9.17, 15) is 0 Å². The minimum absolute atomic E-state index is 0.0421. The van der Waals surface area contributed by atoms with Crippen LogP contribution < -0.4 is 28.7 Å². The molecule has 6 aromatic carbocycles. The van der Waals surface area contributed by atoms with Gasteiger partial charge in [0.25, 0.3) is 0 Å². The molecule has 398 valence electrons. The summed E-state index contributed by atoms with van der Waals surface area (Å²) in [6, 6.07) is 44.2. The zero-order chi connectivity index (χ0) is 55.4. The monoisotopic (exact) mass is 1030 g/mol. The average Bonchev–Trinajstić information content (AvgIpc) is 3.26. The highest BCUT2D eigenvalue weighted by atomic mass is 31.2. The summed E-state index contributed by atoms with van der Waals surface area (Å²) in [5.74, 6) is 3.27. The van der Waals surface area contributed by atoms with E-state index in [0.29, 0.717) is 0 Å². The van der Waals surface area contributed by atoms with E-state index in [1.54, 1.807) is 0 Å². The van der Waals surface area contributed by atoms with Crippen molar-refractivity contribution >= 4 is 27.4 Å². The molecular weight excluding hydrogens is 943 g/mol. The van der Waals surface area contributed by atoms with E-state index in [1.165, 1.54) is 22.3 Å². The number of rotatable bonds is 11. The van der Waals surface area contributed by atoms with Crippen LogP contribution in [0.3, 0.4) is 0 Å². The standard InChI is InChI=1S/C68H92O4P2/c1-61(2,3)45-33-37-55(51(41-45)65(13,14)15)69-73(70-56-38-34-46(62(4,5)6)42-52(56)66(16,17)18)59-31-27-25-29-49(59)50-30-26-28-32-60(50)74(71-57-39-35-47(63(7,8)9)43-53(57)67(19,20)21)72-58-40-36-48(64(10,11)12)44-54(58)68(22,23)24/h25-44H,1-24H3. The van der Waals surface area contributed by atoms with Crippen LogP contribution in [0.1, 0.15) is 211 Å². The van der Waals surface area contributed by atoms with Crippen LogP contribution in [0.2, 0.25) is 0 Å². The lowest BCUT2D eigenvalue weighted by atomic mass is 9.80. The summed E-state index contributed by atoms with van der Waals surface area (Å²) >= 11 is 0. The van der Waals surface area contributed by atoms with Gasteiger partial charge in [0.2, 0.25) is 0 Å². The second-order valence-electron chi connectivity index (χ2n) is 28.8. The Hall–Kier alpha value is -4.62. The molecule has 0 aliphatic rings. The molecule has 0 atom stereocenters. The molecule has 74 heavy (non-hydrogen) atoms. The van der Waals surface area contributed by atoms with E-state index in [1.807, 2.05) is 0 Å². The Morgan fingerprint density at radius 3 is 0.635 bits per heavy atom. The normalized spacial score (nSPS) is 13.4. The molecule has 0 fully saturated rings. The van der Waals surface area contributed by atoms with Crippen LogP contribution in [-0.2, 0) is 43.3 Å². The quantitative estimate of drug-likeness (QED) is 0.121. The molecule has 6 rings (SSSR count). The zero-order valence-corrected chi connectivity index (χ0v) is 51.9. The van der Waals surface area contributed by atoms with Crippen LogP contribution in [0, 0.1) is 0 Å². The summed E-state index contributed by atoms with van der Waals surface area (Å²) in [6.45, 7) is 54.5. The summed E-state index contributed by atoms with van der Waals surface area (Å²) in [7, 11) is -3.66. The van der Waals surface area contributed by atoms with Gasteiger partial charge in [-0.1, -0.05) is 251 Å². The summed E-state index contributed by atoms with van der Waals surface area (Å²) in [5, 5.41) is 1.92. The Balaban J connectivity index is 1.64. The lowest BCUT2D eigenvalue weighted by Crippen LogP contribution is -2.22. The van der Waals surface area contributed by atoms with Crippen molar-refractivity contribution in [2.24, 2.45) is 0 Å². The first kappa shape index (κ1) is 58.6. The highest BCUT2D eigenvalue weighted by molar-refractivity contribution is 7.58. The molecule has 0 heterocycles. The van der Waals surface area contributed by atoms with Gasteiger partial charge in [-0.3, -0.25) is 0 Å². The van der Waals surface area contributed by atoms with Gasteiger partial charge in [-0.05, 0) is 113 Å². The molecule has 0 saturated carbocycles. The smallest absolute Gasteiger partial charge is 0.326 e. The molecule has 0 aromatic heterocycles. The van der Waals surface area contributed by atoms with Gasteiger partial charge in [0.1, 0.15) is 23.0 Å². The molecular formula is C68H92O4P2. The first-order valence-electron chi connectivity index (χ1n) is 26.9. The third kappa shape index (κ3) is 14.0. The SMILES string of the molecule is CC(C)(C)c1ccc(OP(Oc2ccc(C(C)(C)C)cc2C(C)(C)C)c2ccccc2-c2ccccc2P(Oc2ccc(C(C)(C)C)cc2C(C)(C)C)Oc2ccc(C(C)(C)C)cc2C(C)(C)C)c(C(C)(C)C)c1. The highest BCUT2D eigenvalue weighted by Crippen LogP contribution is 2.52. The van der Waals surface area contributed by atoms with Crippen LogP contribution in [0.4, 0.5) is 0 Å². The molecule has 0 amide bonds. The van der Waals surface area contributed by atoms with Gasteiger partial charge in [0, 0.05) is 22.3 Å². The Labute approximate surface area is 452 Å². The second-order valence-corrected chi connectivity index (χ2v) is 31.5. The molecule has 0 unspecified atom stereocenters. The predicted molar refractivity (Wildman–Crippen MR) is 323 cm³/mol. The third-order valence-corrected chi connectivity index (χ3v) is 16.8. The first-order chi connectivity index (χ1) is 33.7. The van der Waals surface area contributed by atoms with Crippen molar-refractivity contribution < 1.29 is 18.1 Å². The van der Waals surface area contributed by atoms with E-state index < -0.39 is 16.8 Å². The summed E-state index contributed by atoms with van der Waals surface area (Å²) in [4.78, 5) is 0. The van der Waals surface area contributed by atoms with E-state index >= 15 is 0 Å². The third-order valence-electron chi connectivity index (χ3n) is 13.8. The molecule has 0 N–H and O–H groups in total. The van der Waals surface area contributed by atoms with Gasteiger partial charge in [-0.25, -0.2) is 0 Å². The van der Waals surface area contributed by atoms with Gasteiger partial charge in [-0.15, -0.1) is 0 Å². The highest BCUT2D eigenvalue weighted by Gasteiger charge is 2.35. The van der Waals surface area contributed by atoms with Crippen molar-refractivity contribution in [3.05, 3.63) is 166 Å². The second kappa shape index (κ2) is 21.1. The first-order valence-corrected chi connectivity index (χ1v) is 29.2. The molecule has 6 aromatic rings. The molecule has 0 saturated heterocycles. The Morgan fingerprint density at radius 1 is 0.243 bits per heavy atom. The Morgan fingerprint density at radius 2 is 0.446 bits per heavy atom. The molecule has 4 nitrogen and oxygen atoms in total. The van der Waals surface area contributed by atoms with Crippen molar-refractivity contribution in [2.45, 2.75) is 209 Å². The lowest BCUT2D eigenvalue weighted by Gasteiger charge is -2.32. The average molecular weight is 1040 g/mol. The van der Waals surface area contributed by atoms with Crippen LogP contribution in [-0.4, -0.2) is 0 Å². The van der Waals surface area contributed by atoms with Gasteiger partial charge in [0.15, 0.2) is 0 Å². The molecule has 6 heteroatoms. The van der Waals surface area contributed by atoms with Crippen LogP contribution in [0.15, 0.2) is 121 Å². The lowest BCUT2D eigenvalue weighted by molar-refractivity contribution is 0.465. The largest absolute Gasteiger partial charge is 0.435 e. The molecule has 0 spiro atoms. The number of hydrogen-bond acceptors (Lipinski definition) is 4. The van der Waals surface area contributed by atoms with Crippen LogP contribution in [0.25, 0.3) is 11.1 Å². The summed E-state index contributed by atoms with van der Waals surface area (Å²) in [6.07, 6.45) is 0. The topological polar surface area (TPSA) is 36.9 Å². The summed E-state index contributed by atoms with van der Waals surface area (Å²) < 4.78 is 30.1. The van der Waals surface area contributed by atoms with E-state index in [4.69, 9.17) is 18.1 Å². The number of benzene rings is 6. The van der Waals surface area contributed by atoms with Gasteiger partial charge in [0.05, 0.1) is 10.6 Å². The minimum Gasteiger partial charge on any atom is -0.435 e. The fraction of sp³-hybridized carbons (Fsp3) is 0.471. The van der Waals surface area contributed by atoms with E-state index in [0.717, 1.165) is 67.0 Å². The zero-order valence-electron chi connectivity index (χ0n) is 50.1. The van der Waals surface area contributed by atoms with Crippen molar-refractivity contribution in [3.63, 3.8) is 0 Å². The molecule has 0 radical (unpaired) electrons. The van der Waals surface area contributed by atoms with E-state index in [-0.39, 0.29) is 43.3 Å². The molecule has 0 aliphatic carbocycles. The molecule has 0 bridgehead atoms. The Bertz CT molecular complexity index is 2570. The maximum atomic E-state index is 7.52. The van der Waals surface area contributed by atoms with Crippen LogP contribution in [0.5, 0.6) is 23.0 Å². The van der Waals surface area contributed by atoms with Crippen LogP contribution >= 0.6 is 16.8 Å². The van der Waals surface area contributed by atoms with Crippen molar-refractivity contribution in [3.8, 4) is 34.1 Å². The summed E-state index contributed by atoms with van der Waals surface area (Å²) in [5.41, 5.74) is 10.6. The molecule has 0 aliphatic heterocycles. The van der Waals surface area contributed by atoms with Gasteiger partial charge < -0.3 is 18.1 Å². The van der Waals surface area contributed by atoms with Gasteiger partial charge in [-0.2, -0.15) is 0 Å². The maximum Gasteiger partial charge on any atom is 0.326 e. The fourth-order valence-electron chi connectivity index (χ4n) is 8.96. The Kier molecular flexibility index (Phi) is 16.7. The van der Waals surface area contributed by atoms with Gasteiger partial charge >= 0.3 is 16.8 Å².